The van der Waals surface area contributed by atoms with E-state index in [9.17, 15) is 17.6 Å². The zero-order valence-corrected chi connectivity index (χ0v) is 18.6. The second kappa shape index (κ2) is 10.1. The van der Waals surface area contributed by atoms with Crippen LogP contribution in [0, 0.1) is 11.7 Å². The van der Waals surface area contributed by atoms with Gasteiger partial charge in [0.05, 0.1) is 11.7 Å². The van der Waals surface area contributed by atoms with Gasteiger partial charge >= 0.3 is 0 Å². The number of rotatable bonds is 7. The van der Waals surface area contributed by atoms with Crippen LogP contribution in [0.5, 0.6) is 0 Å². The summed E-state index contributed by atoms with van der Waals surface area (Å²) in [7, 11) is -3.67. The highest BCUT2D eigenvalue weighted by atomic mass is 35.5. The van der Waals surface area contributed by atoms with Crippen molar-refractivity contribution < 1.29 is 17.6 Å². The van der Waals surface area contributed by atoms with Crippen LogP contribution in [0.15, 0.2) is 42.5 Å². The number of carbonyl (C=O) groups is 1. The Morgan fingerprint density at radius 1 is 1.13 bits per heavy atom. The van der Waals surface area contributed by atoms with Crippen molar-refractivity contribution in [1.82, 2.24) is 9.62 Å². The first-order valence-corrected chi connectivity index (χ1v) is 12.1. The summed E-state index contributed by atoms with van der Waals surface area (Å²) in [6.45, 7) is 0.902. The molecular formula is C21H23Cl2FN2O3S. The highest BCUT2D eigenvalue weighted by Gasteiger charge is 2.33. The third-order valence-electron chi connectivity index (χ3n) is 5.16. The van der Waals surface area contributed by atoms with Gasteiger partial charge < -0.3 is 5.32 Å². The summed E-state index contributed by atoms with van der Waals surface area (Å²) in [5.74, 6) is -1.19. The lowest BCUT2D eigenvalue weighted by atomic mass is 9.99. The number of sulfonamides is 1. The summed E-state index contributed by atoms with van der Waals surface area (Å²) in [5, 5.41) is 3.47. The maximum absolute atomic E-state index is 13.0. The average Bonchev–Trinajstić information content (AvgIpc) is 2.72. The summed E-state index contributed by atoms with van der Waals surface area (Å²) in [6, 6.07) is 11.0. The van der Waals surface area contributed by atoms with Gasteiger partial charge in [-0.2, -0.15) is 0 Å². The van der Waals surface area contributed by atoms with Crippen molar-refractivity contribution in [2.75, 3.05) is 19.6 Å². The topological polar surface area (TPSA) is 66.5 Å². The van der Waals surface area contributed by atoms with Crippen LogP contribution in [0.25, 0.3) is 0 Å². The molecule has 0 bridgehead atoms. The molecule has 1 amide bonds. The number of hydrogen-bond donors (Lipinski definition) is 1. The lowest BCUT2D eigenvalue weighted by Crippen LogP contribution is -2.46. The fourth-order valence-corrected chi connectivity index (χ4v) is 5.84. The Morgan fingerprint density at radius 2 is 1.80 bits per heavy atom. The van der Waals surface area contributed by atoms with Crippen molar-refractivity contribution in [3.05, 3.63) is 69.5 Å². The maximum atomic E-state index is 13.0. The lowest BCUT2D eigenvalue weighted by molar-refractivity contribution is -0.126. The van der Waals surface area contributed by atoms with Crippen LogP contribution >= 0.6 is 23.2 Å². The Hall–Kier alpha value is -1.67. The molecule has 3 rings (SSSR count). The van der Waals surface area contributed by atoms with E-state index in [1.807, 2.05) is 0 Å². The molecule has 1 saturated heterocycles. The second-order valence-electron chi connectivity index (χ2n) is 7.32. The standard InChI is InChI=1S/C21H23Cl2FN2O3S/c22-19-4-1-5-20(23)18(19)14-30(28,29)26-12-2-3-16(13-26)21(27)25-11-10-15-6-8-17(24)9-7-15/h1,4-9,16H,2-3,10-14H2,(H,25,27)/t16-/m1/s1. The van der Waals surface area contributed by atoms with Gasteiger partial charge in [-0.1, -0.05) is 41.4 Å². The molecular weight excluding hydrogens is 450 g/mol. The molecule has 162 valence electrons. The van der Waals surface area contributed by atoms with Crippen molar-refractivity contribution >= 4 is 39.1 Å². The number of piperidine rings is 1. The van der Waals surface area contributed by atoms with Gasteiger partial charge in [-0.05, 0) is 49.1 Å². The van der Waals surface area contributed by atoms with Crippen LogP contribution in [-0.2, 0) is 27.0 Å². The molecule has 0 aromatic heterocycles. The van der Waals surface area contributed by atoms with E-state index in [1.54, 1.807) is 30.3 Å². The van der Waals surface area contributed by atoms with Crippen molar-refractivity contribution in [2.45, 2.75) is 25.0 Å². The smallest absolute Gasteiger partial charge is 0.224 e. The number of amides is 1. The molecule has 30 heavy (non-hydrogen) atoms. The number of carbonyl (C=O) groups excluding carboxylic acids is 1. The molecule has 2 aromatic carbocycles. The average molecular weight is 473 g/mol. The molecule has 1 atom stereocenters. The minimum absolute atomic E-state index is 0.132. The Labute approximate surface area is 186 Å². The van der Waals surface area contributed by atoms with Crippen LogP contribution < -0.4 is 5.32 Å². The third-order valence-corrected chi connectivity index (χ3v) is 7.64. The monoisotopic (exact) mass is 472 g/mol. The van der Waals surface area contributed by atoms with E-state index in [4.69, 9.17) is 23.2 Å². The van der Waals surface area contributed by atoms with Crippen molar-refractivity contribution in [3.8, 4) is 0 Å². The zero-order valence-electron chi connectivity index (χ0n) is 16.3. The summed E-state index contributed by atoms with van der Waals surface area (Å²) in [6.07, 6.45) is 1.80. The lowest BCUT2D eigenvalue weighted by Gasteiger charge is -2.31. The van der Waals surface area contributed by atoms with Gasteiger partial charge in [-0.15, -0.1) is 0 Å². The molecule has 0 saturated carbocycles. The fourth-order valence-electron chi connectivity index (χ4n) is 3.48. The summed E-state index contributed by atoms with van der Waals surface area (Å²) >= 11 is 12.2. The largest absolute Gasteiger partial charge is 0.355 e. The number of benzene rings is 2. The SMILES string of the molecule is O=C(NCCc1ccc(F)cc1)[C@@H]1CCCN(S(=O)(=O)Cc2c(Cl)cccc2Cl)C1. The maximum Gasteiger partial charge on any atom is 0.224 e. The van der Waals surface area contributed by atoms with Crippen LogP contribution in [0.2, 0.25) is 10.0 Å². The number of nitrogens with zero attached hydrogens (tertiary/aromatic N) is 1. The number of hydrogen-bond acceptors (Lipinski definition) is 3. The molecule has 0 radical (unpaired) electrons. The first-order chi connectivity index (χ1) is 14.3. The minimum atomic E-state index is -3.67. The second-order valence-corrected chi connectivity index (χ2v) is 10.1. The van der Waals surface area contributed by atoms with E-state index in [0.717, 1.165) is 5.56 Å². The fraction of sp³-hybridized carbons (Fsp3) is 0.381. The molecule has 5 nitrogen and oxygen atoms in total. The van der Waals surface area contributed by atoms with Gasteiger partial charge in [0, 0.05) is 35.2 Å². The normalized spacial score (nSPS) is 17.6. The van der Waals surface area contributed by atoms with Gasteiger partial charge in [0.2, 0.25) is 15.9 Å². The molecule has 9 heteroatoms. The molecule has 0 unspecified atom stereocenters. The first-order valence-electron chi connectivity index (χ1n) is 9.69. The highest BCUT2D eigenvalue weighted by Crippen LogP contribution is 2.29. The molecule has 0 spiro atoms. The van der Waals surface area contributed by atoms with Gasteiger partial charge in [-0.25, -0.2) is 17.1 Å². The van der Waals surface area contributed by atoms with E-state index in [-0.39, 0.29) is 24.0 Å². The number of halogens is 3. The molecule has 2 aromatic rings. The molecule has 1 fully saturated rings. The molecule has 1 N–H and O–H groups in total. The minimum Gasteiger partial charge on any atom is -0.355 e. The highest BCUT2D eigenvalue weighted by molar-refractivity contribution is 7.88. The van der Waals surface area contributed by atoms with Crippen molar-refractivity contribution in [1.29, 1.82) is 0 Å². The van der Waals surface area contributed by atoms with Gasteiger partial charge in [0.15, 0.2) is 0 Å². The Bertz CT molecular complexity index is 980. The molecule has 0 aliphatic carbocycles. The third kappa shape index (κ3) is 5.94. The van der Waals surface area contributed by atoms with E-state index < -0.39 is 15.9 Å². The quantitative estimate of drug-likeness (QED) is 0.661. The van der Waals surface area contributed by atoms with Gasteiger partial charge in [0.1, 0.15) is 5.82 Å². The first kappa shape index (κ1) is 23.0. The molecule has 1 aliphatic rings. The molecule has 1 heterocycles. The zero-order chi connectivity index (χ0) is 21.7. The van der Waals surface area contributed by atoms with E-state index in [0.29, 0.717) is 48.0 Å². The Balaban J connectivity index is 1.57. The summed E-state index contributed by atoms with van der Waals surface area (Å²) in [4.78, 5) is 12.5. The predicted molar refractivity (Wildman–Crippen MR) is 116 cm³/mol. The Kier molecular flexibility index (Phi) is 7.74. The van der Waals surface area contributed by atoms with Crippen LogP contribution in [0.3, 0.4) is 0 Å². The Morgan fingerprint density at radius 3 is 2.47 bits per heavy atom. The number of nitrogens with one attached hydrogen (secondary N) is 1. The van der Waals surface area contributed by atoms with Gasteiger partial charge in [0.25, 0.3) is 0 Å². The molecule has 1 aliphatic heterocycles. The van der Waals surface area contributed by atoms with Crippen LogP contribution in [0.1, 0.15) is 24.0 Å². The van der Waals surface area contributed by atoms with E-state index in [2.05, 4.69) is 5.32 Å². The summed E-state index contributed by atoms with van der Waals surface area (Å²) < 4.78 is 40.1. The van der Waals surface area contributed by atoms with E-state index in [1.165, 1.54) is 16.4 Å². The van der Waals surface area contributed by atoms with Crippen LogP contribution in [0.4, 0.5) is 4.39 Å². The van der Waals surface area contributed by atoms with Crippen molar-refractivity contribution in [2.24, 2.45) is 5.92 Å². The van der Waals surface area contributed by atoms with Gasteiger partial charge in [-0.3, -0.25) is 4.79 Å². The van der Waals surface area contributed by atoms with Crippen LogP contribution in [-0.4, -0.2) is 38.3 Å². The predicted octanol–water partition coefficient (Wildman–Crippen LogP) is 4.03. The summed E-state index contributed by atoms with van der Waals surface area (Å²) in [5.41, 5.74) is 1.29. The van der Waals surface area contributed by atoms with Crippen molar-refractivity contribution in [3.63, 3.8) is 0 Å². The van der Waals surface area contributed by atoms with E-state index >= 15 is 0 Å².